The molecule has 20 heavy (non-hydrogen) atoms. The lowest BCUT2D eigenvalue weighted by atomic mass is 10.2. The van der Waals surface area contributed by atoms with Crippen LogP contribution >= 0.6 is 0 Å². The zero-order chi connectivity index (χ0) is 13.9. The summed E-state index contributed by atoms with van der Waals surface area (Å²) in [6.07, 6.45) is 3.82. The number of nitrogen functional groups attached to an aromatic ring is 1. The third kappa shape index (κ3) is 2.80. The van der Waals surface area contributed by atoms with Gasteiger partial charge in [-0.25, -0.2) is 0 Å². The Morgan fingerprint density at radius 1 is 1.30 bits per heavy atom. The molecule has 1 aromatic heterocycles. The minimum atomic E-state index is 0.353. The molecule has 1 atom stereocenters. The van der Waals surface area contributed by atoms with E-state index in [-0.39, 0.29) is 0 Å². The Bertz CT molecular complexity index is 463. The highest BCUT2D eigenvalue weighted by molar-refractivity contribution is 5.52. The number of hydrogen-bond donors (Lipinski definition) is 2. The van der Waals surface area contributed by atoms with Gasteiger partial charge in [0.05, 0.1) is 0 Å². The van der Waals surface area contributed by atoms with Gasteiger partial charge >= 0.3 is 0 Å². The molecular formula is C14H24N6. The molecule has 6 heteroatoms. The zero-order valence-corrected chi connectivity index (χ0v) is 12.2. The van der Waals surface area contributed by atoms with Crippen molar-refractivity contribution in [3.63, 3.8) is 0 Å². The van der Waals surface area contributed by atoms with Gasteiger partial charge in [0.1, 0.15) is 11.6 Å². The quantitative estimate of drug-likeness (QED) is 0.863. The van der Waals surface area contributed by atoms with Crippen LogP contribution in [0.3, 0.4) is 0 Å². The van der Waals surface area contributed by atoms with Crippen LogP contribution in [0.2, 0.25) is 0 Å². The second-order valence-corrected chi connectivity index (χ2v) is 5.63. The summed E-state index contributed by atoms with van der Waals surface area (Å²) in [5.74, 6) is 2.13. The Morgan fingerprint density at radius 3 is 3.00 bits per heavy atom. The van der Waals surface area contributed by atoms with Crippen LogP contribution in [-0.4, -0.2) is 53.6 Å². The summed E-state index contributed by atoms with van der Waals surface area (Å²) in [6, 6.07) is 2.70. The van der Waals surface area contributed by atoms with Crippen molar-refractivity contribution in [2.24, 2.45) is 0 Å². The first-order chi connectivity index (χ1) is 9.76. The average Bonchev–Trinajstić information content (AvgIpc) is 2.75. The SMILES string of the molecule is CCNc1cc(N2CCCN3CCCC3C2)nc(N)n1. The number of nitrogens with one attached hydrogen (secondary N) is 1. The van der Waals surface area contributed by atoms with Crippen LogP contribution in [0.5, 0.6) is 0 Å². The van der Waals surface area contributed by atoms with Gasteiger partial charge in [-0.05, 0) is 32.7 Å². The summed E-state index contributed by atoms with van der Waals surface area (Å²) >= 11 is 0. The van der Waals surface area contributed by atoms with Gasteiger partial charge in [-0.3, -0.25) is 4.90 Å². The van der Waals surface area contributed by atoms with Crippen LogP contribution in [0, 0.1) is 0 Å². The molecule has 3 rings (SSSR count). The van der Waals surface area contributed by atoms with Gasteiger partial charge in [0, 0.05) is 38.3 Å². The summed E-state index contributed by atoms with van der Waals surface area (Å²) in [6.45, 7) is 7.47. The largest absolute Gasteiger partial charge is 0.370 e. The van der Waals surface area contributed by atoms with Crippen LogP contribution in [0.4, 0.5) is 17.6 Å². The smallest absolute Gasteiger partial charge is 0.223 e. The predicted octanol–water partition coefficient (Wildman–Crippen LogP) is 1.17. The van der Waals surface area contributed by atoms with Crippen LogP contribution in [-0.2, 0) is 0 Å². The van der Waals surface area contributed by atoms with E-state index in [1.807, 2.05) is 6.07 Å². The van der Waals surface area contributed by atoms with E-state index in [1.54, 1.807) is 0 Å². The molecule has 0 aliphatic carbocycles. The Hall–Kier alpha value is -1.56. The molecule has 6 nitrogen and oxygen atoms in total. The van der Waals surface area contributed by atoms with Gasteiger partial charge in [-0.15, -0.1) is 0 Å². The summed E-state index contributed by atoms with van der Waals surface area (Å²) < 4.78 is 0. The molecule has 0 spiro atoms. The maximum atomic E-state index is 5.84. The van der Waals surface area contributed by atoms with E-state index in [0.29, 0.717) is 12.0 Å². The number of aromatic nitrogens is 2. The van der Waals surface area contributed by atoms with Crippen molar-refractivity contribution in [2.45, 2.75) is 32.2 Å². The predicted molar refractivity (Wildman–Crippen MR) is 82.0 cm³/mol. The van der Waals surface area contributed by atoms with Crippen molar-refractivity contribution in [2.75, 3.05) is 48.7 Å². The lowest BCUT2D eigenvalue weighted by Crippen LogP contribution is -2.37. The van der Waals surface area contributed by atoms with Crippen LogP contribution in [0.15, 0.2) is 6.07 Å². The number of anilines is 3. The van der Waals surface area contributed by atoms with Gasteiger partial charge in [0.15, 0.2) is 0 Å². The Balaban J connectivity index is 1.80. The Labute approximate surface area is 120 Å². The molecule has 0 radical (unpaired) electrons. The molecule has 0 aromatic carbocycles. The molecule has 110 valence electrons. The molecule has 2 aliphatic heterocycles. The van der Waals surface area contributed by atoms with Gasteiger partial charge in [0.25, 0.3) is 0 Å². The molecule has 1 unspecified atom stereocenters. The van der Waals surface area contributed by atoms with E-state index in [1.165, 1.54) is 32.4 Å². The minimum Gasteiger partial charge on any atom is -0.370 e. The molecule has 0 bridgehead atoms. The molecule has 1 aromatic rings. The van der Waals surface area contributed by atoms with Crippen LogP contribution in [0.1, 0.15) is 26.2 Å². The highest BCUT2D eigenvalue weighted by atomic mass is 15.3. The molecule has 0 amide bonds. The van der Waals surface area contributed by atoms with Crippen molar-refractivity contribution >= 4 is 17.6 Å². The first kappa shape index (κ1) is 13.4. The van der Waals surface area contributed by atoms with Crippen LogP contribution in [0.25, 0.3) is 0 Å². The first-order valence-corrected chi connectivity index (χ1v) is 7.63. The first-order valence-electron chi connectivity index (χ1n) is 7.63. The van der Waals surface area contributed by atoms with Gasteiger partial charge in [-0.1, -0.05) is 0 Å². The number of fused-ring (bicyclic) bond motifs is 1. The van der Waals surface area contributed by atoms with Crippen molar-refractivity contribution < 1.29 is 0 Å². The number of rotatable bonds is 3. The van der Waals surface area contributed by atoms with Gasteiger partial charge in [0.2, 0.25) is 5.95 Å². The second kappa shape index (κ2) is 5.83. The molecule has 3 N–H and O–H groups in total. The second-order valence-electron chi connectivity index (χ2n) is 5.63. The summed E-state index contributed by atoms with van der Waals surface area (Å²) in [4.78, 5) is 13.6. The van der Waals surface area contributed by atoms with E-state index in [0.717, 1.165) is 31.3 Å². The van der Waals surface area contributed by atoms with Crippen molar-refractivity contribution in [3.05, 3.63) is 6.07 Å². The fraction of sp³-hybridized carbons (Fsp3) is 0.714. The molecular weight excluding hydrogens is 252 g/mol. The topological polar surface area (TPSA) is 70.3 Å². The van der Waals surface area contributed by atoms with Gasteiger partial charge in [-0.2, -0.15) is 9.97 Å². The number of nitrogens with two attached hydrogens (primary N) is 1. The van der Waals surface area contributed by atoms with Crippen LogP contribution < -0.4 is 16.0 Å². The van der Waals surface area contributed by atoms with Crippen molar-refractivity contribution in [3.8, 4) is 0 Å². The highest BCUT2D eigenvalue weighted by Gasteiger charge is 2.29. The summed E-state index contributed by atoms with van der Waals surface area (Å²) in [7, 11) is 0. The molecule has 0 saturated carbocycles. The lowest BCUT2D eigenvalue weighted by Gasteiger charge is -2.26. The van der Waals surface area contributed by atoms with Crippen molar-refractivity contribution in [1.29, 1.82) is 0 Å². The van der Waals surface area contributed by atoms with E-state index in [2.05, 4.69) is 32.0 Å². The maximum absolute atomic E-state index is 5.84. The van der Waals surface area contributed by atoms with E-state index >= 15 is 0 Å². The number of nitrogens with zero attached hydrogens (tertiary/aromatic N) is 4. The third-order valence-electron chi connectivity index (χ3n) is 4.22. The summed E-state index contributed by atoms with van der Waals surface area (Å²) in [5, 5.41) is 3.22. The highest BCUT2D eigenvalue weighted by Crippen LogP contribution is 2.25. The van der Waals surface area contributed by atoms with E-state index in [9.17, 15) is 0 Å². The molecule has 2 saturated heterocycles. The standard InChI is InChI=1S/C14H24N6/c1-2-16-12-9-13(18-14(15)17-12)20-8-4-7-19-6-3-5-11(19)10-20/h9,11H,2-8,10H2,1H3,(H3,15,16,17,18). The fourth-order valence-electron chi connectivity index (χ4n) is 3.30. The minimum absolute atomic E-state index is 0.353. The normalized spacial score (nSPS) is 23.4. The van der Waals surface area contributed by atoms with Crippen molar-refractivity contribution in [1.82, 2.24) is 14.9 Å². The molecule has 2 fully saturated rings. The average molecular weight is 276 g/mol. The van der Waals surface area contributed by atoms with E-state index in [4.69, 9.17) is 5.73 Å². The Kier molecular flexibility index (Phi) is 3.91. The summed E-state index contributed by atoms with van der Waals surface area (Å²) in [5.41, 5.74) is 5.84. The monoisotopic (exact) mass is 276 g/mol. The van der Waals surface area contributed by atoms with E-state index < -0.39 is 0 Å². The lowest BCUT2D eigenvalue weighted by molar-refractivity contribution is 0.273. The fourth-order valence-corrected chi connectivity index (χ4v) is 3.30. The third-order valence-corrected chi connectivity index (χ3v) is 4.22. The maximum Gasteiger partial charge on any atom is 0.223 e. The molecule has 3 heterocycles. The Morgan fingerprint density at radius 2 is 2.15 bits per heavy atom. The molecule has 2 aliphatic rings. The number of hydrogen-bond acceptors (Lipinski definition) is 6. The zero-order valence-electron chi connectivity index (χ0n) is 12.2. The van der Waals surface area contributed by atoms with Gasteiger partial charge < -0.3 is 16.0 Å².